The van der Waals surface area contributed by atoms with Crippen molar-refractivity contribution < 1.29 is 14.3 Å². The van der Waals surface area contributed by atoms with Crippen LogP contribution in [0.15, 0.2) is 78.2 Å². The Morgan fingerprint density at radius 1 is 0.966 bits per heavy atom. The van der Waals surface area contributed by atoms with Crippen LogP contribution in [-0.2, 0) is 9.53 Å². The van der Waals surface area contributed by atoms with E-state index in [0.29, 0.717) is 5.69 Å². The Hall–Kier alpha value is -3.51. The highest BCUT2D eigenvalue weighted by Crippen LogP contribution is 2.24. The highest BCUT2D eigenvalue weighted by molar-refractivity contribution is 7.13. The van der Waals surface area contributed by atoms with Gasteiger partial charge < -0.3 is 10.1 Å². The zero-order valence-corrected chi connectivity index (χ0v) is 16.5. The number of ether oxygens (including phenoxy) is 1. The summed E-state index contributed by atoms with van der Waals surface area (Å²) >= 11 is 1.36. The van der Waals surface area contributed by atoms with Crippen molar-refractivity contribution in [3.63, 3.8) is 0 Å². The third-order valence-corrected chi connectivity index (χ3v) is 5.30. The number of fused-ring (bicyclic) bond motifs is 1. The first-order valence-corrected chi connectivity index (χ1v) is 10.00. The molecule has 29 heavy (non-hydrogen) atoms. The van der Waals surface area contributed by atoms with E-state index < -0.39 is 18.0 Å². The second kappa shape index (κ2) is 8.24. The van der Waals surface area contributed by atoms with E-state index in [9.17, 15) is 9.59 Å². The maximum atomic E-state index is 12.4. The van der Waals surface area contributed by atoms with Crippen molar-refractivity contribution in [1.29, 1.82) is 0 Å². The Morgan fingerprint density at radius 3 is 2.48 bits per heavy atom. The molecular formula is C23H18N2O3S. The van der Waals surface area contributed by atoms with Gasteiger partial charge >= 0.3 is 5.97 Å². The molecule has 1 amide bonds. The average Bonchev–Trinajstić information content (AvgIpc) is 3.25. The maximum Gasteiger partial charge on any atom is 0.358 e. The first-order valence-electron chi connectivity index (χ1n) is 9.12. The molecule has 3 aromatic carbocycles. The lowest BCUT2D eigenvalue weighted by Crippen LogP contribution is -2.30. The summed E-state index contributed by atoms with van der Waals surface area (Å²) in [6.07, 6.45) is -0.948. The van der Waals surface area contributed by atoms with E-state index in [1.807, 2.05) is 72.8 Å². The predicted molar refractivity (Wildman–Crippen MR) is 115 cm³/mol. The van der Waals surface area contributed by atoms with Crippen LogP contribution in [-0.4, -0.2) is 23.0 Å². The third-order valence-electron chi connectivity index (χ3n) is 4.40. The van der Waals surface area contributed by atoms with Gasteiger partial charge in [-0.25, -0.2) is 9.78 Å². The molecule has 0 aliphatic rings. The summed E-state index contributed by atoms with van der Waals surface area (Å²) in [6, 6.07) is 23.1. The maximum absolute atomic E-state index is 12.4. The molecule has 1 heterocycles. The number of esters is 1. The zero-order valence-electron chi connectivity index (χ0n) is 15.7. The van der Waals surface area contributed by atoms with Gasteiger partial charge in [-0.2, -0.15) is 0 Å². The summed E-state index contributed by atoms with van der Waals surface area (Å²) in [7, 11) is 0. The van der Waals surface area contributed by atoms with Crippen molar-refractivity contribution in [2.45, 2.75) is 13.0 Å². The second-order valence-electron chi connectivity index (χ2n) is 6.50. The Bertz CT molecular complexity index is 1170. The van der Waals surface area contributed by atoms with Crippen LogP contribution in [0, 0.1) is 0 Å². The van der Waals surface area contributed by atoms with Crippen LogP contribution < -0.4 is 5.32 Å². The number of rotatable bonds is 5. The van der Waals surface area contributed by atoms with Crippen LogP contribution in [0.2, 0.25) is 0 Å². The Kier molecular flexibility index (Phi) is 5.35. The van der Waals surface area contributed by atoms with Gasteiger partial charge in [0.05, 0.1) is 0 Å². The minimum Gasteiger partial charge on any atom is -0.448 e. The number of carbonyl (C=O) groups excluding carboxylic acids is 2. The molecule has 144 valence electrons. The second-order valence-corrected chi connectivity index (χ2v) is 7.36. The van der Waals surface area contributed by atoms with E-state index in [1.54, 1.807) is 12.3 Å². The molecule has 4 rings (SSSR count). The number of nitrogens with zero attached hydrogens (tertiary/aromatic N) is 1. The molecular weight excluding hydrogens is 384 g/mol. The fourth-order valence-electron chi connectivity index (χ4n) is 2.87. The van der Waals surface area contributed by atoms with Gasteiger partial charge in [0.1, 0.15) is 5.01 Å². The van der Waals surface area contributed by atoms with Gasteiger partial charge in [0.2, 0.25) is 0 Å². The summed E-state index contributed by atoms with van der Waals surface area (Å²) < 4.78 is 5.30. The molecule has 6 heteroatoms. The van der Waals surface area contributed by atoms with E-state index in [0.717, 1.165) is 21.3 Å². The summed E-state index contributed by atoms with van der Waals surface area (Å²) in [5.74, 6) is -1.02. The monoisotopic (exact) mass is 402 g/mol. The predicted octanol–water partition coefficient (Wildman–Crippen LogP) is 5.15. The number of hydrogen-bond acceptors (Lipinski definition) is 5. The Morgan fingerprint density at radius 2 is 1.69 bits per heavy atom. The van der Waals surface area contributed by atoms with Crippen molar-refractivity contribution in [1.82, 2.24) is 4.98 Å². The lowest BCUT2D eigenvalue weighted by atomic mass is 10.1. The molecule has 0 aliphatic carbocycles. The third kappa shape index (κ3) is 4.33. The number of nitrogens with one attached hydrogen (secondary N) is 1. The molecule has 1 unspecified atom stereocenters. The van der Waals surface area contributed by atoms with Gasteiger partial charge in [0, 0.05) is 16.6 Å². The summed E-state index contributed by atoms with van der Waals surface area (Å²) in [5.41, 5.74) is 1.77. The van der Waals surface area contributed by atoms with Gasteiger partial charge in [0.15, 0.2) is 11.8 Å². The topological polar surface area (TPSA) is 68.3 Å². The smallest absolute Gasteiger partial charge is 0.358 e. The Balaban J connectivity index is 1.40. The lowest BCUT2D eigenvalue weighted by molar-refractivity contribution is -0.123. The molecule has 5 nitrogen and oxygen atoms in total. The number of carbonyl (C=O) groups is 2. The molecule has 0 radical (unpaired) electrons. The van der Waals surface area contributed by atoms with E-state index in [4.69, 9.17) is 4.74 Å². The van der Waals surface area contributed by atoms with E-state index >= 15 is 0 Å². The van der Waals surface area contributed by atoms with Gasteiger partial charge in [-0.05, 0) is 29.8 Å². The van der Waals surface area contributed by atoms with Crippen LogP contribution in [0.25, 0.3) is 21.3 Å². The van der Waals surface area contributed by atoms with Gasteiger partial charge in [0.25, 0.3) is 5.91 Å². The molecule has 0 fully saturated rings. The van der Waals surface area contributed by atoms with Crippen LogP contribution in [0.5, 0.6) is 0 Å². The molecule has 1 atom stereocenters. The van der Waals surface area contributed by atoms with Crippen molar-refractivity contribution in [2.75, 3.05) is 5.32 Å². The van der Waals surface area contributed by atoms with Crippen molar-refractivity contribution in [2.24, 2.45) is 0 Å². The number of aromatic nitrogens is 1. The molecule has 0 aliphatic heterocycles. The molecule has 0 saturated heterocycles. The van der Waals surface area contributed by atoms with E-state index in [2.05, 4.69) is 10.3 Å². The molecule has 1 N–H and O–H groups in total. The SMILES string of the molecule is CC(OC(=O)c1csc(-c2ccccc2)n1)C(=O)Nc1ccc2ccccc2c1. The number of anilines is 1. The first kappa shape index (κ1) is 18.8. The van der Waals surface area contributed by atoms with E-state index in [-0.39, 0.29) is 5.69 Å². The standard InChI is InChI=1S/C23H18N2O3S/c1-15(21(26)24-19-12-11-16-7-5-6-10-18(16)13-19)28-23(27)20-14-29-22(25-20)17-8-3-2-4-9-17/h2-15H,1H3,(H,24,26). The van der Waals surface area contributed by atoms with Crippen LogP contribution in [0.3, 0.4) is 0 Å². The molecule has 1 aromatic heterocycles. The van der Waals surface area contributed by atoms with Crippen molar-refractivity contribution in [3.05, 3.63) is 83.9 Å². The Labute approximate surface area is 172 Å². The fourth-order valence-corrected chi connectivity index (χ4v) is 3.66. The quantitative estimate of drug-likeness (QED) is 0.469. The lowest BCUT2D eigenvalue weighted by Gasteiger charge is -2.13. The van der Waals surface area contributed by atoms with Gasteiger partial charge in [-0.3, -0.25) is 4.79 Å². The minimum atomic E-state index is -0.948. The van der Waals surface area contributed by atoms with Crippen LogP contribution in [0.4, 0.5) is 5.69 Å². The molecule has 0 bridgehead atoms. The first-order chi connectivity index (χ1) is 14.1. The summed E-state index contributed by atoms with van der Waals surface area (Å²) in [5, 5.41) is 7.26. The van der Waals surface area contributed by atoms with Gasteiger partial charge in [-0.1, -0.05) is 60.7 Å². The normalized spacial score (nSPS) is 11.8. The van der Waals surface area contributed by atoms with Crippen LogP contribution in [0.1, 0.15) is 17.4 Å². The van der Waals surface area contributed by atoms with Crippen molar-refractivity contribution >= 4 is 39.7 Å². The van der Waals surface area contributed by atoms with Gasteiger partial charge in [-0.15, -0.1) is 11.3 Å². The fraction of sp³-hybridized carbons (Fsp3) is 0.0870. The minimum absolute atomic E-state index is 0.194. The number of thiazole rings is 1. The van der Waals surface area contributed by atoms with E-state index in [1.165, 1.54) is 11.3 Å². The summed E-state index contributed by atoms with van der Waals surface area (Å²) in [4.78, 5) is 29.1. The molecule has 0 saturated carbocycles. The summed E-state index contributed by atoms with van der Waals surface area (Å²) in [6.45, 7) is 1.54. The van der Waals surface area contributed by atoms with Crippen LogP contribution >= 0.6 is 11.3 Å². The number of hydrogen-bond donors (Lipinski definition) is 1. The molecule has 4 aromatic rings. The average molecular weight is 402 g/mol. The van der Waals surface area contributed by atoms with Crippen molar-refractivity contribution in [3.8, 4) is 10.6 Å². The highest BCUT2D eigenvalue weighted by Gasteiger charge is 2.21. The molecule has 0 spiro atoms. The highest BCUT2D eigenvalue weighted by atomic mass is 32.1. The number of benzene rings is 3. The number of amides is 1. The largest absolute Gasteiger partial charge is 0.448 e. The zero-order chi connectivity index (χ0) is 20.2.